The molecule has 104 valence electrons. The molecule has 1 N–H and O–H groups in total. The fourth-order valence-corrected chi connectivity index (χ4v) is 4.61. The highest BCUT2D eigenvalue weighted by Gasteiger charge is 2.18. The molecule has 0 radical (unpaired) electrons. The van der Waals surface area contributed by atoms with Crippen LogP contribution in [0.2, 0.25) is 0 Å². The largest absolute Gasteiger partial charge is 0.496 e. The Balaban J connectivity index is 1.67. The third-order valence-electron chi connectivity index (χ3n) is 3.24. The topological polar surface area (TPSA) is 38.3 Å². The Labute approximate surface area is 126 Å². The number of nitrogens with one attached hydrogen (secondary N) is 1. The smallest absolute Gasteiger partial charge is 0.261 e. The number of carbonyl (C=O) groups excluding carboxylic acids is 1. The zero-order valence-corrected chi connectivity index (χ0v) is 12.8. The number of hydrogen-bond donors (Lipinski definition) is 1. The van der Waals surface area contributed by atoms with Crippen LogP contribution >= 0.6 is 23.1 Å². The average molecular weight is 305 g/mol. The molecule has 1 aromatic heterocycles. The van der Waals surface area contributed by atoms with E-state index in [9.17, 15) is 4.79 Å². The Morgan fingerprint density at radius 3 is 3.00 bits per heavy atom. The van der Waals surface area contributed by atoms with Crippen LogP contribution in [-0.2, 0) is 18.1 Å². The van der Waals surface area contributed by atoms with Crippen molar-refractivity contribution in [3.63, 3.8) is 0 Å². The molecular formula is C15H15NO2S2. The van der Waals surface area contributed by atoms with Gasteiger partial charge in [-0.05, 0) is 17.7 Å². The van der Waals surface area contributed by atoms with Crippen molar-refractivity contribution in [2.24, 2.45) is 0 Å². The van der Waals surface area contributed by atoms with E-state index in [2.05, 4.69) is 5.32 Å². The molecule has 20 heavy (non-hydrogen) atoms. The maximum atomic E-state index is 12.2. The van der Waals surface area contributed by atoms with E-state index in [0.717, 1.165) is 27.7 Å². The van der Waals surface area contributed by atoms with Crippen LogP contribution in [-0.4, -0.2) is 13.0 Å². The molecule has 0 bridgehead atoms. The van der Waals surface area contributed by atoms with Crippen LogP contribution in [0.5, 0.6) is 5.75 Å². The van der Waals surface area contributed by atoms with Gasteiger partial charge in [0.2, 0.25) is 0 Å². The zero-order valence-electron chi connectivity index (χ0n) is 11.1. The first kappa shape index (κ1) is 13.5. The van der Waals surface area contributed by atoms with Crippen molar-refractivity contribution in [3.05, 3.63) is 51.2 Å². The Kier molecular flexibility index (Phi) is 3.98. The van der Waals surface area contributed by atoms with E-state index >= 15 is 0 Å². The summed E-state index contributed by atoms with van der Waals surface area (Å²) in [5, 5.41) is 2.96. The number of methoxy groups -OCH3 is 1. The van der Waals surface area contributed by atoms with Crippen molar-refractivity contribution in [2.75, 3.05) is 7.11 Å². The molecule has 3 rings (SSSR count). The monoisotopic (exact) mass is 305 g/mol. The highest BCUT2D eigenvalue weighted by molar-refractivity contribution is 7.98. The molecule has 0 fully saturated rings. The van der Waals surface area contributed by atoms with Gasteiger partial charge >= 0.3 is 0 Å². The zero-order chi connectivity index (χ0) is 13.9. The van der Waals surface area contributed by atoms with Gasteiger partial charge in [-0.2, -0.15) is 11.8 Å². The molecule has 0 spiro atoms. The number of fused-ring (bicyclic) bond motifs is 1. The Morgan fingerprint density at radius 1 is 1.35 bits per heavy atom. The molecule has 0 atom stereocenters. The van der Waals surface area contributed by atoms with Gasteiger partial charge in [-0.3, -0.25) is 4.79 Å². The number of thiophene rings is 1. The van der Waals surface area contributed by atoms with Crippen molar-refractivity contribution in [1.29, 1.82) is 0 Å². The fraction of sp³-hybridized carbons (Fsp3) is 0.267. The molecule has 1 aliphatic heterocycles. The van der Waals surface area contributed by atoms with Crippen LogP contribution < -0.4 is 10.1 Å². The van der Waals surface area contributed by atoms with E-state index < -0.39 is 0 Å². The summed E-state index contributed by atoms with van der Waals surface area (Å²) in [6, 6.07) is 9.76. The van der Waals surface area contributed by atoms with Gasteiger partial charge in [-0.15, -0.1) is 11.3 Å². The minimum Gasteiger partial charge on any atom is -0.496 e. The van der Waals surface area contributed by atoms with Gasteiger partial charge in [-0.1, -0.05) is 18.2 Å². The molecule has 1 aliphatic rings. The second kappa shape index (κ2) is 5.89. The molecule has 3 nitrogen and oxygen atoms in total. The van der Waals surface area contributed by atoms with Crippen molar-refractivity contribution in [1.82, 2.24) is 5.32 Å². The van der Waals surface area contributed by atoms with E-state index in [1.54, 1.807) is 18.4 Å². The Hall–Kier alpha value is -1.46. The molecule has 1 aromatic carbocycles. The Bertz CT molecular complexity index is 615. The molecule has 2 aromatic rings. The quantitative estimate of drug-likeness (QED) is 0.940. The number of hydrogen-bond acceptors (Lipinski definition) is 4. The number of amides is 1. The van der Waals surface area contributed by atoms with Crippen molar-refractivity contribution < 1.29 is 9.53 Å². The van der Waals surface area contributed by atoms with Crippen LogP contribution in [0.15, 0.2) is 30.3 Å². The first-order chi connectivity index (χ1) is 9.78. The van der Waals surface area contributed by atoms with Crippen molar-refractivity contribution in [3.8, 4) is 5.75 Å². The predicted molar refractivity (Wildman–Crippen MR) is 83.5 cm³/mol. The van der Waals surface area contributed by atoms with Gasteiger partial charge in [0, 0.05) is 28.5 Å². The van der Waals surface area contributed by atoms with Crippen LogP contribution in [0.3, 0.4) is 0 Å². The summed E-state index contributed by atoms with van der Waals surface area (Å²) in [5.74, 6) is 2.88. The lowest BCUT2D eigenvalue weighted by Gasteiger charge is -2.08. The highest BCUT2D eigenvalue weighted by Crippen LogP contribution is 2.36. The van der Waals surface area contributed by atoms with E-state index in [1.807, 2.05) is 42.1 Å². The predicted octanol–water partition coefficient (Wildman–Crippen LogP) is 3.43. The lowest BCUT2D eigenvalue weighted by molar-refractivity contribution is 0.0954. The van der Waals surface area contributed by atoms with Gasteiger partial charge in [-0.25, -0.2) is 0 Å². The van der Waals surface area contributed by atoms with E-state index in [-0.39, 0.29) is 5.91 Å². The molecule has 5 heteroatoms. The lowest BCUT2D eigenvalue weighted by atomic mass is 10.2. The molecule has 0 unspecified atom stereocenters. The average Bonchev–Trinajstić information content (AvgIpc) is 3.06. The summed E-state index contributed by atoms with van der Waals surface area (Å²) in [4.78, 5) is 14.3. The molecule has 0 saturated carbocycles. The van der Waals surface area contributed by atoms with E-state index in [1.165, 1.54) is 10.4 Å². The number of para-hydroxylation sites is 1. The first-order valence-electron chi connectivity index (χ1n) is 6.37. The maximum Gasteiger partial charge on any atom is 0.261 e. The molecule has 0 saturated heterocycles. The minimum atomic E-state index is 0.000283. The molecule has 2 heterocycles. The molecular weight excluding hydrogens is 290 g/mol. The second-order valence-electron chi connectivity index (χ2n) is 4.55. The van der Waals surface area contributed by atoms with Crippen molar-refractivity contribution in [2.45, 2.75) is 18.1 Å². The lowest BCUT2D eigenvalue weighted by Crippen LogP contribution is -2.22. The minimum absolute atomic E-state index is 0.000283. The summed E-state index contributed by atoms with van der Waals surface area (Å²) in [6.45, 7) is 0.486. The maximum absolute atomic E-state index is 12.2. The van der Waals surface area contributed by atoms with Gasteiger partial charge < -0.3 is 10.1 Å². The number of benzene rings is 1. The molecule has 1 amide bonds. The summed E-state index contributed by atoms with van der Waals surface area (Å²) in [7, 11) is 1.64. The van der Waals surface area contributed by atoms with Crippen LogP contribution in [0.1, 0.15) is 25.7 Å². The SMILES string of the molecule is COc1ccccc1CNC(=O)c1cc2c(s1)CSC2. The van der Waals surface area contributed by atoms with Crippen LogP contribution in [0.25, 0.3) is 0 Å². The van der Waals surface area contributed by atoms with Crippen LogP contribution in [0.4, 0.5) is 0 Å². The summed E-state index contributed by atoms with van der Waals surface area (Å²) >= 11 is 3.52. The highest BCUT2D eigenvalue weighted by atomic mass is 32.2. The molecule has 0 aliphatic carbocycles. The summed E-state index contributed by atoms with van der Waals surface area (Å²) in [5.41, 5.74) is 2.31. The van der Waals surface area contributed by atoms with E-state index in [0.29, 0.717) is 6.54 Å². The van der Waals surface area contributed by atoms with Crippen molar-refractivity contribution >= 4 is 29.0 Å². The Morgan fingerprint density at radius 2 is 2.20 bits per heavy atom. The number of ether oxygens (including phenoxy) is 1. The van der Waals surface area contributed by atoms with Gasteiger partial charge in [0.25, 0.3) is 5.91 Å². The van der Waals surface area contributed by atoms with Gasteiger partial charge in [0.05, 0.1) is 12.0 Å². The standard InChI is InChI=1S/C15H15NO2S2/c1-18-12-5-3-2-4-10(12)7-16-15(17)13-6-11-8-19-9-14(11)20-13/h2-6H,7-9H2,1H3,(H,16,17). The number of rotatable bonds is 4. The normalized spacial score (nSPS) is 13.1. The van der Waals surface area contributed by atoms with E-state index in [4.69, 9.17) is 4.74 Å². The third-order valence-corrected chi connectivity index (χ3v) is 5.61. The second-order valence-corrected chi connectivity index (χ2v) is 6.67. The number of thioether (sulfide) groups is 1. The fourth-order valence-electron chi connectivity index (χ4n) is 2.19. The third kappa shape index (κ3) is 2.69. The first-order valence-corrected chi connectivity index (χ1v) is 8.34. The van der Waals surface area contributed by atoms with Gasteiger partial charge in [0.15, 0.2) is 0 Å². The summed E-state index contributed by atoms with van der Waals surface area (Å²) < 4.78 is 5.28. The summed E-state index contributed by atoms with van der Waals surface area (Å²) in [6.07, 6.45) is 0. The van der Waals surface area contributed by atoms with Gasteiger partial charge in [0.1, 0.15) is 5.75 Å². The van der Waals surface area contributed by atoms with Crippen LogP contribution in [0, 0.1) is 0 Å². The number of carbonyl (C=O) groups is 1.